The zero-order valence-electron chi connectivity index (χ0n) is 14.4. The van der Waals surface area contributed by atoms with Gasteiger partial charge in [0.25, 0.3) is 0 Å². The number of hydrogen-bond donors (Lipinski definition) is 0. The number of rotatable bonds is 3. The summed E-state index contributed by atoms with van der Waals surface area (Å²) in [5.41, 5.74) is 0.629. The highest BCUT2D eigenvalue weighted by Crippen LogP contribution is 2.30. The van der Waals surface area contributed by atoms with Gasteiger partial charge in [-0.3, -0.25) is 9.78 Å². The van der Waals surface area contributed by atoms with Gasteiger partial charge in [0, 0.05) is 31.2 Å². The number of hydrogen-bond acceptors (Lipinski definition) is 5. The molecule has 2 aliphatic heterocycles. The molecular weight excluding hydrogens is 354 g/mol. The molecule has 0 aliphatic carbocycles. The van der Waals surface area contributed by atoms with Crippen molar-refractivity contribution >= 4 is 26.8 Å². The van der Waals surface area contributed by atoms with E-state index < -0.39 is 16.1 Å². The number of amides is 1. The topological polar surface area (TPSA) is 79.8 Å². The Morgan fingerprint density at radius 1 is 1.12 bits per heavy atom. The zero-order valence-corrected chi connectivity index (χ0v) is 15.2. The van der Waals surface area contributed by atoms with Crippen LogP contribution in [0.3, 0.4) is 0 Å². The number of benzene rings is 1. The molecule has 2 saturated heterocycles. The maximum absolute atomic E-state index is 13.3. The van der Waals surface area contributed by atoms with Crippen molar-refractivity contribution in [2.75, 3.05) is 32.8 Å². The number of morpholine rings is 1. The molecule has 0 N–H and O–H groups in total. The van der Waals surface area contributed by atoms with Crippen LogP contribution in [0, 0.1) is 0 Å². The largest absolute Gasteiger partial charge is 0.378 e. The molecule has 2 aromatic rings. The Morgan fingerprint density at radius 2 is 1.92 bits per heavy atom. The SMILES string of the molecule is O=C([C@@H]1CCCN1S(=O)(=O)c1cccc2ncccc12)N1CCOCC1. The monoisotopic (exact) mass is 375 g/mol. The Balaban J connectivity index is 1.69. The molecule has 7 nitrogen and oxygen atoms in total. The van der Waals surface area contributed by atoms with Gasteiger partial charge in [-0.2, -0.15) is 4.31 Å². The summed E-state index contributed by atoms with van der Waals surface area (Å²) in [6.07, 6.45) is 2.88. The van der Waals surface area contributed by atoms with Crippen molar-refractivity contribution in [1.29, 1.82) is 0 Å². The summed E-state index contributed by atoms with van der Waals surface area (Å²) in [5, 5.41) is 0.583. The van der Waals surface area contributed by atoms with E-state index in [9.17, 15) is 13.2 Å². The third kappa shape index (κ3) is 2.98. The number of ether oxygens (including phenoxy) is 1. The Kier molecular flexibility index (Phi) is 4.64. The van der Waals surface area contributed by atoms with Crippen molar-refractivity contribution in [1.82, 2.24) is 14.2 Å². The van der Waals surface area contributed by atoms with E-state index in [1.54, 1.807) is 41.4 Å². The lowest BCUT2D eigenvalue weighted by Gasteiger charge is -2.32. The van der Waals surface area contributed by atoms with Crippen molar-refractivity contribution in [2.24, 2.45) is 0 Å². The highest BCUT2D eigenvalue weighted by molar-refractivity contribution is 7.89. The molecule has 4 rings (SSSR count). The van der Waals surface area contributed by atoms with E-state index in [2.05, 4.69) is 4.98 Å². The van der Waals surface area contributed by atoms with E-state index in [0.717, 1.165) is 0 Å². The maximum atomic E-state index is 13.3. The average Bonchev–Trinajstić information content (AvgIpc) is 3.18. The first-order valence-corrected chi connectivity index (χ1v) is 10.3. The standard InChI is InChI=1S/C18H21N3O4S/c22-18(20-10-12-25-13-11-20)16-6-3-9-21(16)26(23,24)17-7-1-5-15-14(17)4-2-8-19-15/h1-2,4-5,7-8,16H,3,6,9-13H2/t16-/m0/s1. The van der Waals surface area contributed by atoms with Crippen LogP contribution in [0.15, 0.2) is 41.4 Å². The van der Waals surface area contributed by atoms with Crippen molar-refractivity contribution in [3.8, 4) is 0 Å². The number of nitrogens with zero attached hydrogens (tertiary/aromatic N) is 3. The first-order chi connectivity index (χ1) is 12.6. The summed E-state index contributed by atoms with van der Waals surface area (Å²) in [6.45, 7) is 2.39. The molecule has 26 heavy (non-hydrogen) atoms. The van der Waals surface area contributed by atoms with Gasteiger partial charge in [-0.1, -0.05) is 6.07 Å². The molecule has 1 amide bonds. The summed E-state index contributed by atoms with van der Waals surface area (Å²) in [4.78, 5) is 19.1. The van der Waals surface area contributed by atoms with Gasteiger partial charge >= 0.3 is 0 Å². The Morgan fingerprint density at radius 3 is 2.73 bits per heavy atom. The van der Waals surface area contributed by atoms with E-state index in [0.29, 0.717) is 56.6 Å². The highest BCUT2D eigenvalue weighted by atomic mass is 32.2. The number of aromatic nitrogens is 1. The first kappa shape index (κ1) is 17.4. The van der Waals surface area contributed by atoms with Gasteiger partial charge in [0.2, 0.25) is 15.9 Å². The second-order valence-electron chi connectivity index (χ2n) is 6.54. The first-order valence-electron chi connectivity index (χ1n) is 8.81. The lowest BCUT2D eigenvalue weighted by atomic mass is 10.2. The van der Waals surface area contributed by atoms with Crippen molar-refractivity contribution < 1.29 is 17.9 Å². The van der Waals surface area contributed by atoms with Gasteiger partial charge in [0.05, 0.1) is 23.6 Å². The third-order valence-electron chi connectivity index (χ3n) is 5.00. The lowest BCUT2D eigenvalue weighted by Crippen LogP contribution is -2.50. The van der Waals surface area contributed by atoms with Gasteiger partial charge < -0.3 is 9.64 Å². The molecule has 1 aromatic carbocycles. The van der Waals surface area contributed by atoms with Gasteiger partial charge in [0.1, 0.15) is 6.04 Å². The molecule has 0 bridgehead atoms. The zero-order chi connectivity index (χ0) is 18.1. The fraction of sp³-hybridized carbons (Fsp3) is 0.444. The maximum Gasteiger partial charge on any atom is 0.244 e. The van der Waals surface area contributed by atoms with E-state index >= 15 is 0 Å². The van der Waals surface area contributed by atoms with Crippen LogP contribution >= 0.6 is 0 Å². The second kappa shape index (κ2) is 6.94. The molecule has 0 unspecified atom stereocenters. The molecule has 8 heteroatoms. The minimum atomic E-state index is -3.78. The van der Waals surface area contributed by atoms with E-state index in [-0.39, 0.29) is 10.8 Å². The van der Waals surface area contributed by atoms with Gasteiger partial charge in [-0.15, -0.1) is 0 Å². The van der Waals surface area contributed by atoms with Crippen molar-refractivity contribution in [3.63, 3.8) is 0 Å². The van der Waals surface area contributed by atoms with E-state index in [1.165, 1.54) is 4.31 Å². The molecule has 0 saturated carbocycles. The normalized spacial score (nSPS) is 22.0. The van der Waals surface area contributed by atoms with Crippen molar-refractivity contribution in [3.05, 3.63) is 36.5 Å². The van der Waals surface area contributed by atoms with E-state index in [1.807, 2.05) is 0 Å². The molecule has 1 atom stereocenters. The number of sulfonamides is 1. The predicted octanol–water partition coefficient (Wildman–Crippen LogP) is 1.25. The fourth-order valence-corrected chi connectivity index (χ4v) is 5.55. The molecular formula is C18H21N3O4S. The Bertz CT molecular complexity index is 920. The van der Waals surface area contributed by atoms with Crippen LogP contribution in [0.4, 0.5) is 0 Å². The quantitative estimate of drug-likeness (QED) is 0.807. The summed E-state index contributed by atoms with van der Waals surface area (Å²) >= 11 is 0. The molecule has 0 radical (unpaired) electrons. The minimum absolute atomic E-state index is 0.118. The molecule has 1 aromatic heterocycles. The van der Waals surface area contributed by atoms with Gasteiger partial charge in [-0.05, 0) is 37.1 Å². The smallest absolute Gasteiger partial charge is 0.244 e. The van der Waals surface area contributed by atoms with Crippen LogP contribution in [0.1, 0.15) is 12.8 Å². The molecule has 3 heterocycles. The van der Waals surface area contributed by atoms with Crippen LogP contribution in [-0.4, -0.2) is 67.4 Å². The Hall–Kier alpha value is -2.03. The second-order valence-corrected chi connectivity index (χ2v) is 8.40. The summed E-state index contributed by atoms with van der Waals surface area (Å²) < 4.78 is 33.4. The van der Waals surface area contributed by atoms with E-state index in [4.69, 9.17) is 4.74 Å². The van der Waals surface area contributed by atoms with Crippen LogP contribution in [0.5, 0.6) is 0 Å². The van der Waals surface area contributed by atoms with Crippen LogP contribution < -0.4 is 0 Å². The van der Waals surface area contributed by atoms with Crippen molar-refractivity contribution in [2.45, 2.75) is 23.8 Å². The highest BCUT2D eigenvalue weighted by Gasteiger charge is 2.41. The Labute approximate surface area is 152 Å². The number of carbonyl (C=O) groups is 1. The van der Waals surface area contributed by atoms with Gasteiger partial charge in [0.15, 0.2) is 0 Å². The summed E-state index contributed by atoms with van der Waals surface area (Å²) in [5.74, 6) is -0.118. The minimum Gasteiger partial charge on any atom is -0.378 e. The molecule has 2 aliphatic rings. The third-order valence-corrected chi connectivity index (χ3v) is 6.97. The lowest BCUT2D eigenvalue weighted by molar-refractivity contribution is -0.138. The summed E-state index contributed by atoms with van der Waals surface area (Å²) in [6, 6.07) is 7.91. The van der Waals surface area contributed by atoms with Gasteiger partial charge in [-0.25, -0.2) is 8.42 Å². The average molecular weight is 375 g/mol. The molecule has 0 spiro atoms. The fourth-order valence-electron chi connectivity index (χ4n) is 3.70. The number of carbonyl (C=O) groups excluding carboxylic acids is 1. The van der Waals surface area contributed by atoms with Crippen LogP contribution in [0.2, 0.25) is 0 Å². The molecule has 2 fully saturated rings. The molecule has 138 valence electrons. The summed E-state index contributed by atoms with van der Waals surface area (Å²) in [7, 11) is -3.78. The van der Waals surface area contributed by atoms with Crippen LogP contribution in [-0.2, 0) is 19.6 Å². The predicted molar refractivity (Wildman–Crippen MR) is 96.1 cm³/mol. The number of fused-ring (bicyclic) bond motifs is 1. The van der Waals surface area contributed by atoms with Crippen LogP contribution in [0.25, 0.3) is 10.9 Å². The number of pyridine rings is 1.